The maximum atomic E-state index is 10.9. The zero-order valence-electron chi connectivity index (χ0n) is 6.30. The molecular formula is C7H12INO. The molecule has 58 valence electrons. The minimum absolute atomic E-state index is 0.189. The lowest BCUT2D eigenvalue weighted by atomic mass is 10.1. The van der Waals surface area contributed by atoms with Gasteiger partial charge in [0.15, 0.2) is 0 Å². The first kappa shape index (κ1) is 8.30. The Morgan fingerprint density at radius 3 is 2.40 bits per heavy atom. The summed E-state index contributed by atoms with van der Waals surface area (Å²) >= 11 is 1.86. The van der Waals surface area contributed by atoms with Crippen molar-refractivity contribution >= 4 is 26.5 Å². The number of hydrogen-bond acceptors (Lipinski definition) is 1. The smallest absolute Gasteiger partial charge is 0.283 e. The molecule has 1 fully saturated rings. The molecule has 1 aliphatic heterocycles. The summed E-state index contributed by atoms with van der Waals surface area (Å²) in [5, 5.41) is 0. The second-order valence-electron chi connectivity index (χ2n) is 3.10. The summed E-state index contributed by atoms with van der Waals surface area (Å²) in [5.74, 6) is 0.689. The average Bonchev–Trinajstić information content (AvgIpc) is 2.10. The van der Waals surface area contributed by atoms with Crippen LogP contribution in [0, 0.1) is 5.92 Å². The lowest BCUT2D eigenvalue weighted by Crippen LogP contribution is -2.28. The van der Waals surface area contributed by atoms with E-state index < -0.39 is 0 Å². The predicted molar refractivity (Wildman–Crippen MR) is 49.4 cm³/mol. The van der Waals surface area contributed by atoms with Gasteiger partial charge in [0.05, 0.1) is 0 Å². The molecule has 0 aromatic rings. The van der Waals surface area contributed by atoms with E-state index in [1.165, 1.54) is 0 Å². The van der Waals surface area contributed by atoms with Crippen LogP contribution >= 0.6 is 22.6 Å². The van der Waals surface area contributed by atoms with E-state index in [0.29, 0.717) is 12.0 Å². The summed E-state index contributed by atoms with van der Waals surface area (Å²) in [6.07, 6.45) is 1.16. The van der Waals surface area contributed by atoms with Crippen LogP contribution in [0.1, 0.15) is 20.3 Å². The van der Waals surface area contributed by atoms with Crippen LogP contribution in [0.4, 0.5) is 4.79 Å². The summed E-state index contributed by atoms with van der Waals surface area (Å²) in [4.78, 5) is 12.9. The molecule has 0 aliphatic carbocycles. The van der Waals surface area contributed by atoms with Crippen LogP contribution in [-0.4, -0.2) is 21.4 Å². The highest BCUT2D eigenvalue weighted by atomic mass is 127. The molecule has 1 heterocycles. The number of carbonyl (C=O) groups excluding carboxylic acids is 1. The zero-order chi connectivity index (χ0) is 7.72. The Labute approximate surface area is 75.1 Å². The topological polar surface area (TPSA) is 20.3 Å². The molecular weight excluding hydrogens is 241 g/mol. The first-order valence-electron chi connectivity index (χ1n) is 3.57. The summed E-state index contributed by atoms with van der Waals surface area (Å²) in [7, 11) is 0. The van der Waals surface area contributed by atoms with E-state index in [1.807, 2.05) is 27.5 Å². The Morgan fingerprint density at radius 1 is 1.60 bits per heavy atom. The number of likely N-dealkylation sites (tertiary alicyclic amines) is 1. The minimum atomic E-state index is 0.189. The zero-order valence-corrected chi connectivity index (χ0v) is 8.46. The van der Waals surface area contributed by atoms with Crippen LogP contribution in [0.5, 0.6) is 0 Å². The molecule has 0 aromatic heterocycles. The number of carbonyl (C=O) groups is 1. The van der Waals surface area contributed by atoms with Crippen molar-refractivity contribution in [3.63, 3.8) is 0 Å². The van der Waals surface area contributed by atoms with Gasteiger partial charge in [0.25, 0.3) is 3.91 Å². The van der Waals surface area contributed by atoms with Gasteiger partial charge in [-0.15, -0.1) is 0 Å². The third kappa shape index (κ3) is 1.62. The quantitative estimate of drug-likeness (QED) is 0.368. The fourth-order valence-corrected chi connectivity index (χ4v) is 2.22. The Kier molecular flexibility index (Phi) is 2.55. The average molecular weight is 253 g/mol. The number of amides is 1. The van der Waals surface area contributed by atoms with Gasteiger partial charge in [-0.25, -0.2) is 0 Å². The highest BCUT2D eigenvalue weighted by molar-refractivity contribution is 14.1. The Hall–Kier alpha value is 0.200. The summed E-state index contributed by atoms with van der Waals surface area (Å²) in [6.45, 7) is 5.25. The highest BCUT2D eigenvalue weighted by Gasteiger charge is 2.28. The van der Waals surface area contributed by atoms with Crippen molar-refractivity contribution in [3.8, 4) is 0 Å². The Morgan fingerprint density at radius 2 is 2.20 bits per heavy atom. The number of nitrogens with zero attached hydrogens (tertiary/aromatic N) is 1. The molecule has 0 bridgehead atoms. The molecule has 0 spiro atoms. The van der Waals surface area contributed by atoms with Crippen LogP contribution in [0.15, 0.2) is 0 Å². The van der Waals surface area contributed by atoms with Gasteiger partial charge in [-0.05, 0) is 19.3 Å². The van der Waals surface area contributed by atoms with Crippen LogP contribution in [0.3, 0.4) is 0 Å². The molecule has 10 heavy (non-hydrogen) atoms. The van der Waals surface area contributed by atoms with Crippen LogP contribution in [-0.2, 0) is 0 Å². The normalized spacial score (nSPS) is 32.9. The highest BCUT2D eigenvalue weighted by Crippen LogP contribution is 2.23. The molecule has 2 nitrogen and oxygen atoms in total. The number of hydrogen-bond donors (Lipinski definition) is 0. The SMILES string of the molecule is CC1CC(C)N(C(=O)I)C1. The largest absolute Gasteiger partial charge is 0.331 e. The lowest BCUT2D eigenvalue weighted by Gasteiger charge is -2.17. The van der Waals surface area contributed by atoms with Gasteiger partial charge in [-0.3, -0.25) is 4.79 Å². The maximum absolute atomic E-state index is 10.9. The van der Waals surface area contributed by atoms with Crippen molar-refractivity contribution in [1.29, 1.82) is 0 Å². The second kappa shape index (κ2) is 3.07. The molecule has 2 unspecified atom stereocenters. The summed E-state index contributed by atoms with van der Waals surface area (Å²) in [6, 6.07) is 0.458. The number of rotatable bonds is 0. The fourth-order valence-electron chi connectivity index (χ4n) is 1.54. The maximum Gasteiger partial charge on any atom is 0.283 e. The minimum Gasteiger partial charge on any atom is -0.331 e. The molecule has 3 heteroatoms. The van der Waals surface area contributed by atoms with Crippen LogP contribution in [0.25, 0.3) is 0 Å². The fraction of sp³-hybridized carbons (Fsp3) is 0.857. The van der Waals surface area contributed by atoms with E-state index in [4.69, 9.17) is 0 Å². The van der Waals surface area contributed by atoms with Crippen molar-refractivity contribution in [3.05, 3.63) is 0 Å². The first-order chi connectivity index (χ1) is 4.61. The van der Waals surface area contributed by atoms with Gasteiger partial charge >= 0.3 is 0 Å². The molecule has 1 aliphatic rings. The Balaban J connectivity index is 2.54. The monoisotopic (exact) mass is 253 g/mol. The molecule has 1 amide bonds. The van der Waals surface area contributed by atoms with E-state index in [1.54, 1.807) is 0 Å². The first-order valence-corrected chi connectivity index (χ1v) is 4.65. The van der Waals surface area contributed by atoms with Gasteiger partial charge < -0.3 is 4.90 Å². The molecule has 2 atom stereocenters. The van der Waals surface area contributed by atoms with Gasteiger partial charge in [0, 0.05) is 35.2 Å². The summed E-state index contributed by atoms with van der Waals surface area (Å²) < 4.78 is 0.189. The van der Waals surface area contributed by atoms with Gasteiger partial charge in [-0.1, -0.05) is 6.92 Å². The lowest BCUT2D eigenvalue weighted by molar-refractivity contribution is 0.224. The van der Waals surface area contributed by atoms with Crippen molar-refractivity contribution in [2.45, 2.75) is 26.3 Å². The van der Waals surface area contributed by atoms with E-state index in [2.05, 4.69) is 13.8 Å². The Bertz CT molecular complexity index is 149. The third-order valence-electron chi connectivity index (χ3n) is 2.01. The molecule has 0 saturated carbocycles. The van der Waals surface area contributed by atoms with Crippen LogP contribution < -0.4 is 0 Å². The van der Waals surface area contributed by atoms with Crippen molar-refractivity contribution < 1.29 is 4.79 Å². The van der Waals surface area contributed by atoms with Crippen LogP contribution in [0.2, 0.25) is 0 Å². The van der Waals surface area contributed by atoms with Crippen molar-refractivity contribution in [2.75, 3.05) is 6.54 Å². The molecule has 1 saturated heterocycles. The van der Waals surface area contributed by atoms with Gasteiger partial charge in [-0.2, -0.15) is 0 Å². The van der Waals surface area contributed by atoms with E-state index >= 15 is 0 Å². The van der Waals surface area contributed by atoms with Crippen molar-refractivity contribution in [2.24, 2.45) is 5.92 Å². The standard InChI is InChI=1S/C7H12INO/c1-5-3-6(2)9(4-5)7(8)10/h5-6H,3-4H2,1-2H3. The van der Waals surface area contributed by atoms with E-state index in [9.17, 15) is 4.79 Å². The van der Waals surface area contributed by atoms with E-state index in [0.717, 1.165) is 13.0 Å². The number of halogens is 1. The van der Waals surface area contributed by atoms with Gasteiger partial charge in [0.2, 0.25) is 0 Å². The predicted octanol–water partition coefficient (Wildman–Crippen LogP) is 2.27. The molecule has 0 radical (unpaired) electrons. The third-order valence-corrected chi connectivity index (χ3v) is 2.63. The molecule has 0 aromatic carbocycles. The second-order valence-corrected chi connectivity index (χ2v) is 4.02. The molecule has 1 rings (SSSR count). The summed E-state index contributed by atoms with van der Waals surface area (Å²) in [5.41, 5.74) is 0. The van der Waals surface area contributed by atoms with E-state index in [-0.39, 0.29) is 3.91 Å². The molecule has 0 N–H and O–H groups in total. The van der Waals surface area contributed by atoms with Gasteiger partial charge in [0.1, 0.15) is 0 Å². The van der Waals surface area contributed by atoms with Crippen molar-refractivity contribution in [1.82, 2.24) is 4.90 Å².